The van der Waals surface area contributed by atoms with Crippen molar-refractivity contribution in [3.8, 4) is 0 Å². The van der Waals surface area contributed by atoms with E-state index in [0.717, 1.165) is 36.4 Å². The summed E-state index contributed by atoms with van der Waals surface area (Å²) in [6, 6.07) is 7.40. The number of benzene rings is 1. The summed E-state index contributed by atoms with van der Waals surface area (Å²) in [7, 11) is 1.82. The molecule has 1 fully saturated rings. The van der Waals surface area contributed by atoms with Crippen LogP contribution in [0.1, 0.15) is 42.6 Å². The van der Waals surface area contributed by atoms with Gasteiger partial charge in [-0.2, -0.15) is 0 Å². The van der Waals surface area contributed by atoms with Gasteiger partial charge in [0.15, 0.2) is 5.96 Å². The van der Waals surface area contributed by atoms with Crippen molar-refractivity contribution >= 4 is 11.9 Å². The van der Waals surface area contributed by atoms with Crippen LogP contribution in [0.25, 0.3) is 0 Å². The molecule has 5 heteroatoms. The molecule has 1 saturated heterocycles. The van der Waals surface area contributed by atoms with Crippen LogP contribution in [0.2, 0.25) is 0 Å². The number of nitrogens with zero attached hydrogens (tertiary/aromatic N) is 2. The number of rotatable bonds is 5. The normalized spacial score (nSPS) is 18.5. The molecule has 0 radical (unpaired) electrons. The van der Waals surface area contributed by atoms with Crippen LogP contribution in [-0.4, -0.2) is 36.9 Å². The third kappa shape index (κ3) is 4.98. The molecule has 3 N–H and O–H groups in total. The molecule has 0 spiro atoms. The Bertz CT molecular complexity index is 568. The van der Waals surface area contributed by atoms with Gasteiger partial charge < -0.3 is 16.0 Å². The van der Waals surface area contributed by atoms with Gasteiger partial charge in [0.2, 0.25) is 5.91 Å². The molecular formula is C18H28N4O. The molecule has 1 aromatic carbocycles. The van der Waals surface area contributed by atoms with Gasteiger partial charge in [-0.05, 0) is 42.4 Å². The summed E-state index contributed by atoms with van der Waals surface area (Å²) in [5.74, 6) is 2.03. The second-order valence-electron chi connectivity index (χ2n) is 6.70. The maximum atomic E-state index is 11.3. The predicted octanol–water partition coefficient (Wildman–Crippen LogP) is 2.23. The zero-order valence-electron chi connectivity index (χ0n) is 14.4. The maximum Gasteiger partial charge on any atom is 0.248 e. The molecule has 1 unspecified atom stereocenters. The largest absolute Gasteiger partial charge is 0.366 e. The maximum absolute atomic E-state index is 11.3. The number of nitrogens with two attached hydrogens (primary N) is 1. The second-order valence-corrected chi connectivity index (χ2v) is 6.70. The molecule has 23 heavy (non-hydrogen) atoms. The van der Waals surface area contributed by atoms with Gasteiger partial charge in [-0.1, -0.05) is 26.0 Å². The van der Waals surface area contributed by atoms with E-state index < -0.39 is 5.91 Å². The molecule has 0 aliphatic carbocycles. The lowest BCUT2D eigenvalue weighted by molar-refractivity contribution is 0.1000. The fourth-order valence-electron chi connectivity index (χ4n) is 3.23. The zero-order chi connectivity index (χ0) is 16.8. The number of likely N-dealkylation sites (tertiary alicyclic amines) is 1. The van der Waals surface area contributed by atoms with E-state index in [1.54, 1.807) is 6.07 Å². The first-order valence-electron chi connectivity index (χ1n) is 8.34. The number of amides is 1. The van der Waals surface area contributed by atoms with Crippen molar-refractivity contribution in [3.63, 3.8) is 0 Å². The summed E-state index contributed by atoms with van der Waals surface area (Å²) in [6.07, 6.45) is 2.50. The minimum atomic E-state index is -0.396. The highest BCUT2D eigenvalue weighted by molar-refractivity contribution is 5.92. The Morgan fingerprint density at radius 1 is 1.48 bits per heavy atom. The minimum absolute atomic E-state index is 0.396. The van der Waals surface area contributed by atoms with E-state index in [1.807, 2.05) is 25.2 Å². The molecule has 0 aromatic heterocycles. The van der Waals surface area contributed by atoms with Crippen LogP contribution in [0.15, 0.2) is 29.3 Å². The van der Waals surface area contributed by atoms with Gasteiger partial charge >= 0.3 is 0 Å². The van der Waals surface area contributed by atoms with Crippen molar-refractivity contribution in [2.24, 2.45) is 22.6 Å². The van der Waals surface area contributed by atoms with E-state index in [1.165, 1.54) is 12.8 Å². The highest BCUT2D eigenvalue weighted by atomic mass is 16.1. The number of primary amides is 1. The van der Waals surface area contributed by atoms with Gasteiger partial charge in [0.05, 0.1) is 0 Å². The average Bonchev–Trinajstić information content (AvgIpc) is 2.95. The molecule has 126 valence electrons. The number of carbonyl (C=O) groups is 1. The topological polar surface area (TPSA) is 70.7 Å². The van der Waals surface area contributed by atoms with E-state index in [2.05, 4.69) is 29.1 Å². The summed E-state index contributed by atoms with van der Waals surface area (Å²) in [5, 5.41) is 3.39. The molecule has 1 aliphatic rings. The van der Waals surface area contributed by atoms with Gasteiger partial charge in [-0.15, -0.1) is 0 Å². The number of guanidine groups is 1. The molecule has 0 bridgehead atoms. The highest BCUT2D eigenvalue weighted by Gasteiger charge is 2.25. The molecule has 0 saturated carbocycles. The Morgan fingerprint density at radius 2 is 2.26 bits per heavy atom. The Morgan fingerprint density at radius 3 is 2.91 bits per heavy atom. The summed E-state index contributed by atoms with van der Waals surface area (Å²) in [4.78, 5) is 18.0. The Balaban J connectivity index is 1.91. The van der Waals surface area contributed by atoms with Crippen molar-refractivity contribution < 1.29 is 4.79 Å². The Hall–Kier alpha value is -2.04. The van der Waals surface area contributed by atoms with Gasteiger partial charge in [-0.25, -0.2) is 0 Å². The number of aliphatic imine (C=N–C) groups is 1. The van der Waals surface area contributed by atoms with E-state index in [-0.39, 0.29) is 0 Å². The molecule has 2 rings (SSSR count). The lowest BCUT2D eigenvalue weighted by Gasteiger charge is -2.22. The first-order chi connectivity index (χ1) is 11.0. The summed E-state index contributed by atoms with van der Waals surface area (Å²) < 4.78 is 0. The van der Waals surface area contributed by atoms with E-state index in [4.69, 9.17) is 5.73 Å². The van der Waals surface area contributed by atoms with Gasteiger partial charge in [0.1, 0.15) is 0 Å². The first-order valence-corrected chi connectivity index (χ1v) is 8.34. The number of hydrogen-bond acceptors (Lipinski definition) is 2. The molecule has 5 nitrogen and oxygen atoms in total. The average molecular weight is 316 g/mol. The zero-order valence-corrected chi connectivity index (χ0v) is 14.4. The van der Waals surface area contributed by atoms with Crippen LogP contribution in [0.5, 0.6) is 0 Å². The van der Waals surface area contributed by atoms with Crippen molar-refractivity contribution in [1.29, 1.82) is 0 Å². The van der Waals surface area contributed by atoms with Gasteiger partial charge in [0.25, 0.3) is 0 Å². The molecule has 1 aromatic rings. The van der Waals surface area contributed by atoms with Crippen LogP contribution < -0.4 is 11.1 Å². The SMILES string of the molecule is CN=C(NCc1cccc(C(N)=O)c1)N1CCC(CC(C)C)C1. The standard InChI is InChI=1S/C18H28N4O/c1-13(2)9-15-7-8-22(12-15)18(20-3)21-11-14-5-4-6-16(10-14)17(19)23/h4-6,10,13,15H,7-9,11-12H2,1-3H3,(H2,19,23)(H,20,21). The third-order valence-corrected chi connectivity index (χ3v) is 4.26. The molecule has 1 amide bonds. The van der Waals surface area contributed by atoms with E-state index in [0.29, 0.717) is 12.1 Å². The monoisotopic (exact) mass is 316 g/mol. The quantitative estimate of drug-likeness (QED) is 0.646. The van der Waals surface area contributed by atoms with Crippen molar-refractivity contribution in [2.75, 3.05) is 20.1 Å². The number of hydrogen-bond donors (Lipinski definition) is 2. The summed E-state index contributed by atoms with van der Waals surface area (Å²) in [6.45, 7) is 7.32. The number of carbonyl (C=O) groups excluding carboxylic acids is 1. The molecule has 1 heterocycles. The van der Waals surface area contributed by atoms with Gasteiger partial charge in [0, 0.05) is 32.2 Å². The summed E-state index contributed by atoms with van der Waals surface area (Å²) in [5.41, 5.74) is 6.90. The van der Waals surface area contributed by atoms with Crippen LogP contribution in [0, 0.1) is 11.8 Å². The van der Waals surface area contributed by atoms with Crippen LogP contribution >= 0.6 is 0 Å². The molecule has 1 aliphatic heterocycles. The van der Waals surface area contributed by atoms with Gasteiger partial charge in [-0.3, -0.25) is 9.79 Å². The van der Waals surface area contributed by atoms with Crippen molar-refractivity contribution in [2.45, 2.75) is 33.2 Å². The fourth-order valence-corrected chi connectivity index (χ4v) is 3.23. The predicted molar refractivity (Wildman–Crippen MR) is 94.3 cm³/mol. The molecular weight excluding hydrogens is 288 g/mol. The minimum Gasteiger partial charge on any atom is -0.366 e. The lowest BCUT2D eigenvalue weighted by Crippen LogP contribution is -2.39. The van der Waals surface area contributed by atoms with Crippen molar-refractivity contribution in [3.05, 3.63) is 35.4 Å². The van der Waals surface area contributed by atoms with E-state index in [9.17, 15) is 4.79 Å². The first kappa shape index (κ1) is 17.3. The Labute approximate surface area is 139 Å². The number of nitrogens with one attached hydrogen (secondary N) is 1. The van der Waals surface area contributed by atoms with Crippen LogP contribution in [-0.2, 0) is 6.54 Å². The highest BCUT2D eigenvalue weighted by Crippen LogP contribution is 2.23. The third-order valence-electron chi connectivity index (χ3n) is 4.26. The van der Waals surface area contributed by atoms with E-state index >= 15 is 0 Å². The van der Waals surface area contributed by atoms with Crippen LogP contribution in [0.4, 0.5) is 0 Å². The lowest BCUT2D eigenvalue weighted by atomic mass is 9.97. The van der Waals surface area contributed by atoms with Crippen LogP contribution in [0.3, 0.4) is 0 Å². The summed E-state index contributed by atoms with van der Waals surface area (Å²) >= 11 is 0. The Kier molecular flexibility index (Phi) is 6.02. The second kappa shape index (κ2) is 7.99. The molecule has 1 atom stereocenters. The smallest absolute Gasteiger partial charge is 0.248 e. The van der Waals surface area contributed by atoms with Crippen molar-refractivity contribution in [1.82, 2.24) is 10.2 Å². The fraction of sp³-hybridized carbons (Fsp3) is 0.556.